The molecule has 0 aliphatic carbocycles. The minimum atomic E-state index is -0.296. The van der Waals surface area contributed by atoms with E-state index in [0.29, 0.717) is 5.92 Å². The van der Waals surface area contributed by atoms with Crippen LogP contribution >= 0.6 is 0 Å². The molecule has 0 spiro atoms. The largest absolute Gasteiger partial charge is 0.673 e. The second-order valence-electron chi connectivity index (χ2n) is 11.9. The van der Waals surface area contributed by atoms with Gasteiger partial charge in [0.05, 0.1) is 0 Å². The van der Waals surface area contributed by atoms with Gasteiger partial charge in [-0.2, -0.15) is 0 Å². The number of fused-ring (bicyclic) bond motifs is 4. The van der Waals surface area contributed by atoms with Gasteiger partial charge in [0, 0.05) is 31.5 Å². The summed E-state index contributed by atoms with van der Waals surface area (Å²) in [6.07, 6.45) is 2.06. The number of hydrogen-bond donors (Lipinski definition) is 0. The van der Waals surface area contributed by atoms with E-state index in [0.717, 1.165) is 40.9 Å². The summed E-state index contributed by atoms with van der Waals surface area (Å²) < 4.78 is 0. The molecule has 1 heterocycles. The van der Waals surface area contributed by atoms with Gasteiger partial charge in [0.15, 0.2) is 0 Å². The zero-order chi connectivity index (χ0) is 30.0. The van der Waals surface area contributed by atoms with Crippen LogP contribution in [-0.2, 0) is 32.3 Å². The van der Waals surface area contributed by atoms with Crippen molar-refractivity contribution < 1.29 is 25.8 Å². The van der Waals surface area contributed by atoms with Gasteiger partial charge >= 0.3 is 0 Å². The summed E-state index contributed by atoms with van der Waals surface area (Å²) in [4.78, 5) is 5.38. The zero-order valence-electron chi connectivity index (χ0n) is 27.1. The van der Waals surface area contributed by atoms with Gasteiger partial charge in [-0.05, 0) is 57.2 Å². The first kappa shape index (κ1) is 33.3. The Kier molecular flexibility index (Phi) is 10.5. The number of rotatable bonds is 8. The number of aryl methyl sites for hydroxylation is 1. The normalized spacial score (nSPS) is 11.7. The van der Waals surface area contributed by atoms with Crippen LogP contribution in [0.4, 0.5) is 5.69 Å². The van der Waals surface area contributed by atoms with Crippen molar-refractivity contribution in [3.63, 3.8) is 0 Å². The molecule has 228 valence electrons. The van der Waals surface area contributed by atoms with Crippen molar-refractivity contribution >= 4 is 38.0 Å². The smallest absolute Gasteiger partial charge is 0.0196 e. The van der Waals surface area contributed by atoms with Crippen LogP contribution < -0.4 is 0 Å². The fraction of sp³-hybridized carbons (Fsp3) is 0.163. The van der Waals surface area contributed by atoms with E-state index in [9.17, 15) is 0 Å². The third kappa shape index (κ3) is 6.31. The monoisotopic (exact) mass is 763 g/mol. The number of benzene rings is 6. The van der Waals surface area contributed by atoms with E-state index in [1.54, 1.807) is 0 Å². The van der Waals surface area contributed by atoms with Crippen LogP contribution in [0.2, 0.25) is 0 Å². The van der Waals surface area contributed by atoms with Gasteiger partial charge in [-0.15, -0.1) is 34.8 Å². The summed E-state index contributed by atoms with van der Waals surface area (Å²) in [5.74, 6) is 0.351. The molecule has 0 fully saturated rings. The molecule has 0 aliphatic heterocycles. The second-order valence-corrected chi connectivity index (χ2v) is 11.9. The molecular weight excluding hydrogens is 723 g/mol. The van der Waals surface area contributed by atoms with Crippen LogP contribution in [0.25, 0.3) is 48.9 Å². The summed E-state index contributed by atoms with van der Waals surface area (Å²) in [5.41, 5.74) is 7.72. The zero-order valence-corrected chi connectivity index (χ0v) is 30.7. The van der Waals surface area contributed by atoms with E-state index in [1.165, 1.54) is 43.6 Å². The third-order valence-electron chi connectivity index (χ3n) is 8.67. The summed E-state index contributed by atoms with van der Waals surface area (Å²) in [6, 6.07) is 48.6. The van der Waals surface area contributed by atoms with E-state index in [4.69, 9.17) is 10.3 Å². The molecule has 3 heteroatoms. The molecule has 0 bridgehead atoms. The fourth-order valence-corrected chi connectivity index (χ4v) is 6.56. The summed E-state index contributed by atoms with van der Waals surface area (Å²) in [6.45, 7) is 6.77. The maximum absolute atomic E-state index is 5.72. The molecule has 0 amide bonds. The van der Waals surface area contributed by atoms with E-state index < -0.39 is 0 Å². The van der Waals surface area contributed by atoms with Gasteiger partial charge in [0.2, 0.25) is 0 Å². The van der Waals surface area contributed by atoms with Crippen LogP contribution in [-0.4, -0.2) is 4.98 Å². The van der Waals surface area contributed by atoms with Crippen LogP contribution in [0.3, 0.4) is 0 Å². The van der Waals surface area contributed by atoms with Crippen LogP contribution in [0.15, 0.2) is 127 Å². The first-order valence-electron chi connectivity index (χ1n) is 15.7. The van der Waals surface area contributed by atoms with Crippen LogP contribution in [0.1, 0.15) is 61.5 Å². The topological polar surface area (TPSA) is 27.0 Å². The Hall–Kier alpha value is -4.08. The maximum atomic E-state index is 5.72. The van der Waals surface area contributed by atoms with Gasteiger partial charge < -0.3 is 17.7 Å². The number of hydrogen-bond acceptors (Lipinski definition) is 1. The number of pyridine rings is 1. The molecule has 7 aromatic rings. The molecule has 6 aromatic carbocycles. The third-order valence-corrected chi connectivity index (χ3v) is 8.67. The van der Waals surface area contributed by atoms with Crippen molar-refractivity contribution in [1.82, 2.24) is 4.98 Å². The Morgan fingerprint density at radius 3 is 2.11 bits per heavy atom. The molecule has 0 saturated carbocycles. The second kappa shape index (κ2) is 14.6. The van der Waals surface area contributed by atoms with Crippen molar-refractivity contribution in [3.8, 4) is 11.3 Å². The Morgan fingerprint density at radius 2 is 1.35 bits per heavy atom. The molecular formula is C43H39HfN2-3. The van der Waals surface area contributed by atoms with Gasteiger partial charge in [-0.1, -0.05) is 153 Å². The molecule has 1 aromatic heterocycles. The Morgan fingerprint density at radius 1 is 0.674 bits per heavy atom. The van der Waals surface area contributed by atoms with Crippen molar-refractivity contribution in [1.29, 1.82) is 0 Å². The van der Waals surface area contributed by atoms with Crippen molar-refractivity contribution in [2.45, 2.75) is 45.6 Å². The molecule has 7 rings (SSSR count). The quantitative estimate of drug-likeness (QED) is 0.0861. The Balaban J connectivity index is 0.00000208. The average molecular weight is 762 g/mol. The van der Waals surface area contributed by atoms with Crippen molar-refractivity contribution in [2.75, 3.05) is 0 Å². The molecule has 1 unspecified atom stereocenters. The van der Waals surface area contributed by atoms with E-state index in [2.05, 4.69) is 148 Å². The first-order chi connectivity index (χ1) is 21.6. The van der Waals surface area contributed by atoms with Crippen LogP contribution in [0.5, 0.6) is 0 Å². The van der Waals surface area contributed by atoms with Crippen molar-refractivity contribution in [3.05, 3.63) is 169 Å². The summed E-state index contributed by atoms with van der Waals surface area (Å²) in [7, 11) is 0. The van der Waals surface area contributed by atoms with Gasteiger partial charge in [-0.3, -0.25) is 0 Å². The number of para-hydroxylation sites is 1. The van der Waals surface area contributed by atoms with Gasteiger partial charge in [0.25, 0.3) is 0 Å². The van der Waals surface area contributed by atoms with Crippen molar-refractivity contribution in [2.24, 2.45) is 0 Å². The minimum Gasteiger partial charge on any atom is -0.673 e. The molecule has 2 nitrogen and oxygen atoms in total. The van der Waals surface area contributed by atoms with Gasteiger partial charge in [-0.25, -0.2) is 0 Å². The van der Waals surface area contributed by atoms with E-state index in [1.807, 2.05) is 6.07 Å². The Labute approximate surface area is 292 Å². The standard InChI is InChI=1S/C42H36N2.CH3.Hf/c1-4-14-30-18-12-23-32(28(2)3)41(30)44-42(38-27-31-16-6-8-20-34(31)35-21-9-10-22-36(35)38)40-26-13-25-39(43-40)37-24-11-17-29-15-5-7-19-33(29)37;;/h5-13,15-23,25-28,42H,4,14H2,1-3H3;1H3;/q-2;-1;. The van der Waals surface area contributed by atoms with E-state index >= 15 is 0 Å². The average Bonchev–Trinajstić information content (AvgIpc) is 3.07. The predicted octanol–water partition coefficient (Wildman–Crippen LogP) is 12.3. The molecule has 46 heavy (non-hydrogen) atoms. The Bertz CT molecular complexity index is 2110. The molecule has 0 aliphatic rings. The SMILES string of the molecule is CCCc1cccc(C(C)C)c1[N-]C(c1cccc(-c2[c-]ccc3ccccc23)n1)c1cc2ccccc2c2ccccc12.[CH3-].[Hf]. The predicted molar refractivity (Wildman–Crippen MR) is 193 cm³/mol. The number of nitrogens with zero attached hydrogens (tertiary/aromatic N) is 2. The number of aromatic nitrogens is 1. The van der Waals surface area contributed by atoms with E-state index in [-0.39, 0.29) is 39.3 Å². The van der Waals surface area contributed by atoms with Crippen LogP contribution in [0, 0.1) is 13.5 Å². The first-order valence-corrected chi connectivity index (χ1v) is 15.7. The molecule has 0 radical (unpaired) electrons. The molecule has 0 N–H and O–H groups in total. The van der Waals surface area contributed by atoms with Gasteiger partial charge in [0.1, 0.15) is 0 Å². The summed E-state index contributed by atoms with van der Waals surface area (Å²) >= 11 is 0. The molecule has 0 saturated heterocycles. The summed E-state index contributed by atoms with van der Waals surface area (Å²) in [5, 5.41) is 13.0. The minimum absolute atomic E-state index is 0. The maximum Gasteiger partial charge on any atom is 0.0196 e. The fourth-order valence-electron chi connectivity index (χ4n) is 6.56. The molecule has 1 atom stereocenters.